The van der Waals surface area contributed by atoms with Gasteiger partial charge in [-0.25, -0.2) is 4.39 Å². The molecule has 4 N–H and O–H groups in total. The number of aliphatic carboxylic acids is 1. The number of rotatable bonds is 5. The van der Waals surface area contributed by atoms with Crippen LogP contribution in [0.15, 0.2) is 24.3 Å². The largest absolute Gasteiger partial charge is 0.480 e. The number of carboxylic acid groups (broad SMARTS) is 1. The summed E-state index contributed by atoms with van der Waals surface area (Å²) in [6.45, 7) is 2.04. The van der Waals surface area contributed by atoms with Crippen molar-refractivity contribution in [1.29, 1.82) is 0 Å². The van der Waals surface area contributed by atoms with Crippen molar-refractivity contribution in [2.75, 3.05) is 6.54 Å². The molecular weight excluding hydrogens is 211 g/mol. The molecule has 0 fully saturated rings. The molecule has 4 nitrogen and oxygen atoms in total. The van der Waals surface area contributed by atoms with Gasteiger partial charge in [0.1, 0.15) is 11.9 Å². The van der Waals surface area contributed by atoms with Crippen LogP contribution in [-0.4, -0.2) is 23.7 Å². The van der Waals surface area contributed by atoms with Gasteiger partial charge < -0.3 is 16.2 Å². The molecule has 0 radical (unpaired) electrons. The number of halogens is 1. The quantitative estimate of drug-likeness (QED) is 0.697. The first-order valence-electron chi connectivity index (χ1n) is 4.98. The van der Waals surface area contributed by atoms with Crippen LogP contribution in [-0.2, 0) is 4.79 Å². The maximum absolute atomic E-state index is 12.7. The normalized spacial score (nSPS) is 14.4. The first kappa shape index (κ1) is 12.6. The zero-order valence-corrected chi connectivity index (χ0v) is 8.98. The molecule has 0 aliphatic rings. The Morgan fingerprint density at radius 3 is 2.56 bits per heavy atom. The van der Waals surface area contributed by atoms with Crippen LogP contribution in [0.5, 0.6) is 0 Å². The second-order valence-corrected chi connectivity index (χ2v) is 3.63. The van der Waals surface area contributed by atoms with Gasteiger partial charge in [0, 0.05) is 12.6 Å². The molecule has 0 bridgehead atoms. The Morgan fingerprint density at radius 2 is 2.06 bits per heavy atom. The van der Waals surface area contributed by atoms with Crippen molar-refractivity contribution in [3.05, 3.63) is 35.6 Å². The van der Waals surface area contributed by atoms with E-state index >= 15 is 0 Å². The highest BCUT2D eigenvalue weighted by Gasteiger charge is 2.13. The zero-order valence-electron chi connectivity index (χ0n) is 8.98. The molecule has 1 aromatic carbocycles. The number of benzene rings is 1. The summed E-state index contributed by atoms with van der Waals surface area (Å²) in [6, 6.07) is 5.04. The maximum Gasteiger partial charge on any atom is 0.321 e. The summed E-state index contributed by atoms with van der Waals surface area (Å²) >= 11 is 0. The number of nitrogens with two attached hydrogens (primary N) is 1. The van der Waals surface area contributed by atoms with Gasteiger partial charge in [0.15, 0.2) is 0 Å². The van der Waals surface area contributed by atoms with Crippen LogP contribution in [0, 0.1) is 5.82 Å². The molecule has 0 saturated carbocycles. The predicted molar refractivity (Wildman–Crippen MR) is 58.4 cm³/mol. The lowest BCUT2D eigenvalue weighted by molar-refractivity contribution is -0.138. The van der Waals surface area contributed by atoms with Gasteiger partial charge in [0.05, 0.1) is 0 Å². The van der Waals surface area contributed by atoms with E-state index < -0.39 is 12.0 Å². The topological polar surface area (TPSA) is 75.3 Å². The molecule has 0 heterocycles. The molecule has 1 aromatic rings. The van der Waals surface area contributed by atoms with E-state index in [1.54, 1.807) is 12.1 Å². The summed E-state index contributed by atoms with van der Waals surface area (Å²) in [6.07, 6.45) is 0. The van der Waals surface area contributed by atoms with Crippen molar-refractivity contribution < 1.29 is 14.3 Å². The Labute approximate surface area is 93.3 Å². The van der Waals surface area contributed by atoms with E-state index in [0.29, 0.717) is 0 Å². The Hall–Kier alpha value is -1.46. The van der Waals surface area contributed by atoms with E-state index in [2.05, 4.69) is 5.32 Å². The van der Waals surface area contributed by atoms with Crippen LogP contribution < -0.4 is 11.1 Å². The summed E-state index contributed by atoms with van der Waals surface area (Å²) in [4.78, 5) is 10.5. The molecule has 0 saturated heterocycles. The van der Waals surface area contributed by atoms with Gasteiger partial charge in [-0.3, -0.25) is 4.79 Å². The number of nitrogens with one attached hydrogen (secondary N) is 1. The van der Waals surface area contributed by atoms with Crippen LogP contribution in [0.2, 0.25) is 0 Å². The van der Waals surface area contributed by atoms with Gasteiger partial charge >= 0.3 is 5.97 Å². The number of hydrogen-bond donors (Lipinski definition) is 3. The van der Waals surface area contributed by atoms with E-state index in [1.807, 2.05) is 6.92 Å². The Morgan fingerprint density at radius 1 is 1.50 bits per heavy atom. The molecule has 0 aliphatic carbocycles. The third-order valence-electron chi connectivity index (χ3n) is 2.33. The number of hydrogen-bond acceptors (Lipinski definition) is 3. The number of carboxylic acids is 1. The van der Waals surface area contributed by atoms with Crippen LogP contribution in [0.25, 0.3) is 0 Å². The van der Waals surface area contributed by atoms with Crippen LogP contribution in [0.4, 0.5) is 4.39 Å². The second kappa shape index (κ2) is 5.58. The molecule has 5 heteroatoms. The Bertz CT molecular complexity index is 354. The van der Waals surface area contributed by atoms with Gasteiger partial charge in [-0.1, -0.05) is 12.1 Å². The van der Waals surface area contributed by atoms with E-state index in [4.69, 9.17) is 10.8 Å². The van der Waals surface area contributed by atoms with Crippen molar-refractivity contribution in [2.24, 2.45) is 5.73 Å². The maximum atomic E-state index is 12.7. The SMILES string of the molecule is C[C@@H](NCC(N)C(=O)O)c1ccc(F)cc1. The van der Waals surface area contributed by atoms with Crippen molar-refractivity contribution in [1.82, 2.24) is 5.32 Å². The molecule has 16 heavy (non-hydrogen) atoms. The van der Waals surface area contributed by atoms with Crippen LogP contribution in [0.1, 0.15) is 18.5 Å². The zero-order chi connectivity index (χ0) is 12.1. The summed E-state index contributed by atoms with van der Waals surface area (Å²) in [7, 11) is 0. The average molecular weight is 226 g/mol. The van der Waals surface area contributed by atoms with Crippen molar-refractivity contribution in [2.45, 2.75) is 19.0 Å². The van der Waals surface area contributed by atoms with E-state index in [9.17, 15) is 9.18 Å². The monoisotopic (exact) mass is 226 g/mol. The summed E-state index contributed by atoms with van der Waals surface area (Å²) in [5.41, 5.74) is 6.23. The highest BCUT2D eigenvalue weighted by Crippen LogP contribution is 2.12. The molecule has 88 valence electrons. The molecular formula is C11H15FN2O2. The summed E-state index contributed by atoms with van der Waals surface area (Å²) in [5.74, 6) is -1.34. The minimum absolute atomic E-state index is 0.0639. The minimum atomic E-state index is -1.04. The standard InChI is InChI=1S/C11H15FN2O2/c1-7(14-6-10(13)11(15)16)8-2-4-9(12)5-3-8/h2-5,7,10,14H,6,13H2,1H3,(H,15,16)/t7-,10?/m1/s1. The first-order valence-corrected chi connectivity index (χ1v) is 4.98. The third kappa shape index (κ3) is 3.60. The van der Waals surface area contributed by atoms with E-state index in [-0.39, 0.29) is 18.4 Å². The van der Waals surface area contributed by atoms with Crippen molar-refractivity contribution in [3.63, 3.8) is 0 Å². The van der Waals surface area contributed by atoms with Crippen LogP contribution in [0.3, 0.4) is 0 Å². The lowest BCUT2D eigenvalue weighted by atomic mass is 10.1. The van der Waals surface area contributed by atoms with E-state index in [1.165, 1.54) is 12.1 Å². The van der Waals surface area contributed by atoms with Crippen molar-refractivity contribution in [3.8, 4) is 0 Å². The predicted octanol–water partition coefficient (Wildman–Crippen LogP) is 0.888. The Balaban J connectivity index is 2.49. The summed E-state index contributed by atoms with van der Waals surface area (Å²) < 4.78 is 12.7. The minimum Gasteiger partial charge on any atom is -0.480 e. The molecule has 0 amide bonds. The first-order chi connectivity index (χ1) is 7.50. The molecule has 0 aliphatic heterocycles. The fraction of sp³-hybridized carbons (Fsp3) is 0.364. The highest BCUT2D eigenvalue weighted by atomic mass is 19.1. The molecule has 0 spiro atoms. The Kier molecular flexibility index (Phi) is 4.39. The van der Waals surface area contributed by atoms with E-state index in [0.717, 1.165) is 5.56 Å². The fourth-order valence-electron chi connectivity index (χ4n) is 1.26. The second-order valence-electron chi connectivity index (χ2n) is 3.63. The van der Waals surface area contributed by atoms with Gasteiger partial charge in [-0.05, 0) is 24.6 Å². The third-order valence-corrected chi connectivity index (χ3v) is 2.33. The summed E-state index contributed by atoms with van der Waals surface area (Å²) in [5, 5.41) is 11.6. The van der Waals surface area contributed by atoms with Crippen molar-refractivity contribution >= 4 is 5.97 Å². The average Bonchev–Trinajstić information content (AvgIpc) is 2.26. The van der Waals surface area contributed by atoms with Gasteiger partial charge in [0.25, 0.3) is 0 Å². The molecule has 2 atom stereocenters. The number of carbonyl (C=O) groups is 1. The molecule has 1 unspecified atom stereocenters. The highest BCUT2D eigenvalue weighted by molar-refractivity contribution is 5.73. The van der Waals surface area contributed by atoms with Gasteiger partial charge in [0.2, 0.25) is 0 Å². The fourth-order valence-corrected chi connectivity index (χ4v) is 1.26. The molecule has 1 rings (SSSR count). The van der Waals surface area contributed by atoms with Gasteiger partial charge in [-0.15, -0.1) is 0 Å². The lowest BCUT2D eigenvalue weighted by Gasteiger charge is -2.15. The smallest absolute Gasteiger partial charge is 0.321 e. The molecule has 0 aromatic heterocycles. The van der Waals surface area contributed by atoms with Crippen LogP contribution >= 0.6 is 0 Å². The van der Waals surface area contributed by atoms with Gasteiger partial charge in [-0.2, -0.15) is 0 Å². The lowest BCUT2D eigenvalue weighted by Crippen LogP contribution is -2.41.